The van der Waals surface area contributed by atoms with Crippen LogP contribution in [0.3, 0.4) is 0 Å². The maximum atomic E-state index is 12.3. The molecule has 1 atom stereocenters. The normalized spacial score (nSPS) is 18.0. The maximum absolute atomic E-state index is 12.3. The summed E-state index contributed by atoms with van der Waals surface area (Å²) in [7, 11) is 0. The van der Waals surface area contributed by atoms with E-state index < -0.39 is 0 Å². The van der Waals surface area contributed by atoms with Crippen molar-refractivity contribution in [2.45, 2.75) is 39.0 Å². The number of nitrogens with zero attached hydrogens (tertiary/aromatic N) is 2. The van der Waals surface area contributed by atoms with Gasteiger partial charge in [0.15, 0.2) is 6.29 Å². The number of nitrogens with one attached hydrogen (secondary N) is 1. The Hall–Kier alpha value is -1.70. The summed E-state index contributed by atoms with van der Waals surface area (Å²) in [6.45, 7) is 3.81. The van der Waals surface area contributed by atoms with Gasteiger partial charge >= 0.3 is 0 Å². The van der Waals surface area contributed by atoms with Gasteiger partial charge in [-0.1, -0.05) is 0 Å². The molecule has 0 bridgehead atoms. The molecule has 1 aliphatic rings. The summed E-state index contributed by atoms with van der Waals surface area (Å²) in [5.41, 5.74) is 2.24. The fourth-order valence-electron chi connectivity index (χ4n) is 2.54. The van der Waals surface area contributed by atoms with Crippen LogP contribution < -0.4 is 5.32 Å². The number of hydrogen-bond donors (Lipinski definition) is 1. The number of hydrogen-bond acceptors (Lipinski definition) is 5. The Morgan fingerprint density at radius 3 is 3.22 bits per heavy atom. The highest BCUT2D eigenvalue weighted by molar-refractivity contribution is 7.08. The molecule has 1 aliphatic heterocycles. The van der Waals surface area contributed by atoms with E-state index in [-0.39, 0.29) is 12.2 Å². The number of thiophene rings is 1. The molecule has 1 N–H and O–H groups in total. The van der Waals surface area contributed by atoms with Gasteiger partial charge in [-0.2, -0.15) is 16.4 Å². The van der Waals surface area contributed by atoms with Crippen LogP contribution in [0.5, 0.6) is 0 Å². The number of anilines is 1. The molecule has 6 nitrogen and oxygen atoms in total. The summed E-state index contributed by atoms with van der Waals surface area (Å²) in [5, 5.41) is 11.0. The van der Waals surface area contributed by atoms with Gasteiger partial charge in [-0.05, 0) is 37.6 Å². The fraction of sp³-hybridized carbons (Fsp3) is 0.500. The van der Waals surface area contributed by atoms with Crippen molar-refractivity contribution in [3.05, 3.63) is 34.3 Å². The molecule has 0 aliphatic carbocycles. The average Bonchev–Trinajstić information content (AvgIpc) is 3.19. The van der Waals surface area contributed by atoms with Crippen molar-refractivity contribution >= 4 is 22.9 Å². The second-order valence-electron chi connectivity index (χ2n) is 5.50. The van der Waals surface area contributed by atoms with E-state index >= 15 is 0 Å². The van der Waals surface area contributed by atoms with E-state index in [1.54, 1.807) is 22.2 Å². The van der Waals surface area contributed by atoms with E-state index in [2.05, 4.69) is 10.4 Å². The number of carbonyl (C=O) groups is 1. The molecule has 0 spiro atoms. The molecular weight excluding hydrogens is 314 g/mol. The zero-order valence-electron chi connectivity index (χ0n) is 13.2. The summed E-state index contributed by atoms with van der Waals surface area (Å²) >= 11 is 1.55. The van der Waals surface area contributed by atoms with Gasteiger partial charge < -0.3 is 14.8 Å². The highest BCUT2D eigenvalue weighted by Gasteiger charge is 2.16. The Morgan fingerprint density at radius 1 is 1.57 bits per heavy atom. The van der Waals surface area contributed by atoms with Crippen LogP contribution in [0, 0.1) is 6.92 Å². The van der Waals surface area contributed by atoms with Crippen molar-refractivity contribution in [2.24, 2.45) is 0 Å². The van der Waals surface area contributed by atoms with Crippen LogP contribution in [0.15, 0.2) is 23.0 Å². The van der Waals surface area contributed by atoms with Gasteiger partial charge in [-0.3, -0.25) is 9.48 Å². The number of carbonyl (C=O) groups excluding carboxylic acids is 1. The molecule has 1 saturated heterocycles. The van der Waals surface area contributed by atoms with Crippen molar-refractivity contribution in [2.75, 3.05) is 18.5 Å². The van der Waals surface area contributed by atoms with E-state index in [1.165, 1.54) is 0 Å². The topological polar surface area (TPSA) is 65.4 Å². The third-order valence-electron chi connectivity index (χ3n) is 3.87. The van der Waals surface area contributed by atoms with E-state index in [9.17, 15) is 4.79 Å². The van der Waals surface area contributed by atoms with E-state index in [0.717, 1.165) is 37.3 Å². The maximum Gasteiger partial charge on any atom is 0.259 e. The van der Waals surface area contributed by atoms with Crippen LogP contribution in [-0.2, 0) is 16.0 Å². The summed E-state index contributed by atoms with van der Waals surface area (Å²) < 4.78 is 13.0. The van der Waals surface area contributed by atoms with Crippen LogP contribution in [0.2, 0.25) is 0 Å². The summed E-state index contributed by atoms with van der Waals surface area (Å²) in [5.74, 6) is -0.135. The SMILES string of the molecule is Cc1c(C(=O)Nc2ccsc2)cnn1CCO[C@H]1CCCCO1. The van der Waals surface area contributed by atoms with Crippen LogP contribution in [0.1, 0.15) is 35.3 Å². The quantitative estimate of drug-likeness (QED) is 0.881. The summed E-state index contributed by atoms with van der Waals surface area (Å²) in [4.78, 5) is 12.3. The Balaban J connectivity index is 1.52. The Labute approximate surface area is 139 Å². The number of amides is 1. The summed E-state index contributed by atoms with van der Waals surface area (Å²) in [6.07, 6.45) is 4.72. The van der Waals surface area contributed by atoms with Gasteiger partial charge in [0.05, 0.1) is 30.6 Å². The molecule has 1 amide bonds. The van der Waals surface area contributed by atoms with Crippen LogP contribution in [0.25, 0.3) is 0 Å². The molecule has 3 heterocycles. The van der Waals surface area contributed by atoms with Gasteiger partial charge in [0.1, 0.15) is 0 Å². The molecule has 23 heavy (non-hydrogen) atoms. The highest BCUT2D eigenvalue weighted by Crippen LogP contribution is 2.16. The molecular formula is C16H21N3O3S. The first kappa shape index (κ1) is 16.2. The molecule has 0 radical (unpaired) electrons. The smallest absolute Gasteiger partial charge is 0.259 e. The van der Waals surface area contributed by atoms with Crippen molar-refractivity contribution in [1.82, 2.24) is 9.78 Å². The lowest BCUT2D eigenvalue weighted by Crippen LogP contribution is -2.24. The Morgan fingerprint density at radius 2 is 2.48 bits per heavy atom. The molecule has 2 aromatic heterocycles. The van der Waals surface area contributed by atoms with Crippen LogP contribution >= 0.6 is 11.3 Å². The number of ether oxygens (including phenoxy) is 2. The first-order valence-electron chi connectivity index (χ1n) is 7.83. The summed E-state index contributed by atoms with van der Waals surface area (Å²) in [6, 6.07) is 1.88. The standard InChI is InChI=1S/C16H21N3O3S/c1-12-14(16(20)18-13-5-9-23-11-13)10-17-19(12)6-8-22-15-4-2-3-7-21-15/h5,9-11,15H,2-4,6-8H2,1H3,(H,18,20)/t15-/m0/s1. The highest BCUT2D eigenvalue weighted by atomic mass is 32.1. The van der Waals surface area contributed by atoms with Gasteiger partial charge in [-0.15, -0.1) is 0 Å². The van der Waals surface area contributed by atoms with Crippen molar-refractivity contribution < 1.29 is 14.3 Å². The predicted octanol–water partition coefficient (Wildman–Crippen LogP) is 3.05. The molecule has 0 unspecified atom stereocenters. The third kappa shape index (κ3) is 4.19. The lowest BCUT2D eigenvalue weighted by atomic mass is 10.2. The first-order valence-corrected chi connectivity index (χ1v) is 8.77. The molecule has 7 heteroatoms. The van der Waals surface area contributed by atoms with Gasteiger partial charge in [0, 0.05) is 17.7 Å². The van der Waals surface area contributed by atoms with Crippen molar-refractivity contribution in [3.63, 3.8) is 0 Å². The second-order valence-corrected chi connectivity index (χ2v) is 6.28. The lowest BCUT2D eigenvalue weighted by Gasteiger charge is -2.22. The predicted molar refractivity (Wildman–Crippen MR) is 88.8 cm³/mol. The van der Waals surface area contributed by atoms with Gasteiger partial charge in [0.25, 0.3) is 5.91 Å². The molecule has 124 valence electrons. The van der Waals surface area contributed by atoms with Gasteiger partial charge in [0.2, 0.25) is 0 Å². The number of rotatable bonds is 6. The van der Waals surface area contributed by atoms with Crippen molar-refractivity contribution in [3.8, 4) is 0 Å². The van der Waals surface area contributed by atoms with Crippen LogP contribution in [-0.4, -0.2) is 35.2 Å². The fourth-order valence-corrected chi connectivity index (χ4v) is 3.13. The van der Waals surface area contributed by atoms with Gasteiger partial charge in [-0.25, -0.2) is 0 Å². The number of aromatic nitrogens is 2. The average molecular weight is 335 g/mol. The molecule has 2 aromatic rings. The van der Waals surface area contributed by atoms with E-state index in [4.69, 9.17) is 9.47 Å². The minimum Gasteiger partial charge on any atom is -0.353 e. The minimum absolute atomic E-state index is 0.0963. The van der Waals surface area contributed by atoms with E-state index in [1.807, 2.05) is 23.8 Å². The van der Waals surface area contributed by atoms with Crippen molar-refractivity contribution in [1.29, 1.82) is 0 Å². The minimum atomic E-state index is -0.135. The second kappa shape index (κ2) is 7.72. The Bertz CT molecular complexity index is 633. The monoisotopic (exact) mass is 335 g/mol. The first-order chi connectivity index (χ1) is 11.2. The zero-order chi connectivity index (χ0) is 16.1. The largest absolute Gasteiger partial charge is 0.353 e. The molecule has 3 rings (SSSR count). The Kier molecular flexibility index (Phi) is 5.43. The molecule has 0 saturated carbocycles. The molecule has 1 fully saturated rings. The lowest BCUT2D eigenvalue weighted by molar-refractivity contribution is -0.163. The van der Waals surface area contributed by atoms with E-state index in [0.29, 0.717) is 18.7 Å². The van der Waals surface area contributed by atoms with Crippen LogP contribution in [0.4, 0.5) is 5.69 Å². The molecule has 0 aromatic carbocycles. The third-order valence-corrected chi connectivity index (χ3v) is 4.55. The zero-order valence-corrected chi connectivity index (χ0v) is 14.0.